The molecule has 1 atom stereocenters. The van der Waals surface area contributed by atoms with E-state index in [0.717, 1.165) is 18.4 Å². The van der Waals surface area contributed by atoms with E-state index in [0.29, 0.717) is 15.6 Å². The number of hydrogen-bond donors (Lipinski definition) is 1. The average molecular weight is 334 g/mol. The molecule has 1 amide bonds. The summed E-state index contributed by atoms with van der Waals surface area (Å²) >= 11 is 11.9. The van der Waals surface area contributed by atoms with Gasteiger partial charge in [0.1, 0.15) is 0 Å². The standard InChI is InChI=1S/C18H17Cl2NO/c1-11(13-6-5-12-3-2-4-14(12)9-13)21-18(22)16-8-7-15(19)10-17(16)20/h5-11H,2-4H2,1H3,(H,21,22). The van der Waals surface area contributed by atoms with Gasteiger partial charge < -0.3 is 5.32 Å². The van der Waals surface area contributed by atoms with Crippen molar-refractivity contribution in [1.82, 2.24) is 5.32 Å². The minimum absolute atomic E-state index is 0.0647. The molecule has 1 N–H and O–H groups in total. The minimum atomic E-state index is -0.185. The molecule has 114 valence electrons. The zero-order valence-electron chi connectivity index (χ0n) is 12.3. The van der Waals surface area contributed by atoms with Crippen LogP contribution in [0.5, 0.6) is 0 Å². The highest BCUT2D eigenvalue weighted by molar-refractivity contribution is 6.36. The third-order valence-electron chi connectivity index (χ3n) is 4.15. The van der Waals surface area contributed by atoms with Gasteiger partial charge in [-0.15, -0.1) is 0 Å². The van der Waals surface area contributed by atoms with Crippen LogP contribution < -0.4 is 5.32 Å². The Labute approximate surface area is 140 Å². The van der Waals surface area contributed by atoms with E-state index in [1.807, 2.05) is 6.92 Å². The Hall–Kier alpha value is -1.51. The number of carbonyl (C=O) groups is 1. The molecule has 4 heteroatoms. The third-order valence-corrected chi connectivity index (χ3v) is 4.69. The minimum Gasteiger partial charge on any atom is -0.345 e. The van der Waals surface area contributed by atoms with E-state index in [2.05, 4.69) is 23.5 Å². The summed E-state index contributed by atoms with van der Waals surface area (Å²) in [5, 5.41) is 3.89. The van der Waals surface area contributed by atoms with E-state index >= 15 is 0 Å². The molecule has 0 bridgehead atoms. The summed E-state index contributed by atoms with van der Waals surface area (Å²) in [5.74, 6) is -0.185. The Bertz CT molecular complexity index is 727. The first-order valence-corrected chi connectivity index (χ1v) is 8.18. The van der Waals surface area contributed by atoms with E-state index in [1.54, 1.807) is 18.2 Å². The smallest absolute Gasteiger partial charge is 0.253 e. The predicted octanol–water partition coefficient (Wildman–Crippen LogP) is 4.97. The second kappa shape index (κ2) is 6.31. The topological polar surface area (TPSA) is 29.1 Å². The number of halogens is 2. The molecule has 0 aliphatic heterocycles. The van der Waals surface area contributed by atoms with Gasteiger partial charge in [-0.1, -0.05) is 41.4 Å². The average Bonchev–Trinajstić information content (AvgIpc) is 2.94. The number of rotatable bonds is 3. The lowest BCUT2D eigenvalue weighted by Gasteiger charge is -2.16. The summed E-state index contributed by atoms with van der Waals surface area (Å²) in [7, 11) is 0. The van der Waals surface area contributed by atoms with Crippen LogP contribution in [0.1, 0.15) is 46.4 Å². The Morgan fingerprint density at radius 2 is 1.86 bits per heavy atom. The molecule has 2 aromatic rings. The quantitative estimate of drug-likeness (QED) is 0.843. The van der Waals surface area contributed by atoms with Crippen LogP contribution >= 0.6 is 23.2 Å². The Morgan fingerprint density at radius 3 is 2.64 bits per heavy atom. The number of nitrogens with one attached hydrogen (secondary N) is 1. The molecule has 3 rings (SSSR count). The van der Waals surface area contributed by atoms with Crippen LogP contribution in [0.15, 0.2) is 36.4 Å². The Morgan fingerprint density at radius 1 is 1.09 bits per heavy atom. The van der Waals surface area contributed by atoms with Crippen molar-refractivity contribution in [2.75, 3.05) is 0 Å². The highest BCUT2D eigenvalue weighted by Crippen LogP contribution is 2.26. The highest BCUT2D eigenvalue weighted by atomic mass is 35.5. The van der Waals surface area contributed by atoms with Gasteiger partial charge in [0.05, 0.1) is 16.6 Å². The van der Waals surface area contributed by atoms with Crippen molar-refractivity contribution in [3.05, 3.63) is 68.7 Å². The lowest BCUT2D eigenvalue weighted by atomic mass is 10.0. The maximum absolute atomic E-state index is 12.4. The van der Waals surface area contributed by atoms with Gasteiger partial charge in [0.15, 0.2) is 0 Å². The Balaban J connectivity index is 1.76. The number of benzene rings is 2. The normalized spacial score (nSPS) is 14.5. The highest BCUT2D eigenvalue weighted by Gasteiger charge is 2.17. The summed E-state index contributed by atoms with van der Waals surface area (Å²) in [5.41, 5.74) is 4.41. The van der Waals surface area contributed by atoms with Crippen molar-refractivity contribution in [3.63, 3.8) is 0 Å². The van der Waals surface area contributed by atoms with Gasteiger partial charge in [-0.3, -0.25) is 4.79 Å². The molecule has 0 spiro atoms. The van der Waals surface area contributed by atoms with Crippen molar-refractivity contribution in [3.8, 4) is 0 Å². The largest absolute Gasteiger partial charge is 0.345 e. The van der Waals surface area contributed by atoms with Crippen LogP contribution in [-0.4, -0.2) is 5.91 Å². The summed E-state index contributed by atoms with van der Waals surface area (Å²) < 4.78 is 0. The zero-order valence-corrected chi connectivity index (χ0v) is 13.8. The second-order valence-electron chi connectivity index (χ2n) is 5.70. The van der Waals surface area contributed by atoms with Crippen LogP contribution in [0.3, 0.4) is 0 Å². The fourth-order valence-electron chi connectivity index (χ4n) is 2.89. The number of fused-ring (bicyclic) bond motifs is 1. The van der Waals surface area contributed by atoms with Crippen LogP contribution in [0, 0.1) is 0 Å². The van der Waals surface area contributed by atoms with Crippen molar-refractivity contribution in [2.45, 2.75) is 32.2 Å². The monoisotopic (exact) mass is 333 g/mol. The lowest BCUT2D eigenvalue weighted by Crippen LogP contribution is -2.27. The molecule has 0 radical (unpaired) electrons. The number of amides is 1. The fraction of sp³-hybridized carbons (Fsp3) is 0.278. The van der Waals surface area contributed by atoms with Gasteiger partial charge in [0, 0.05) is 5.02 Å². The number of hydrogen-bond acceptors (Lipinski definition) is 1. The molecule has 0 fully saturated rings. The van der Waals surface area contributed by atoms with Crippen molar-refractivity contribution < 1.29 is 4.79 Å². The first kappa shape index (κ1) is 15.4. The van der Waals surface area contributed by atoms with Crippen LogP contribution in [0.25, 0.3) is 0 Å². The molecule has 0 saturated heterocycles. The molecule has 2 aromatic carbocycles. The maximum Gasteiger partial charge on any atom is 0.253 e. The summed E-state index contributed by atoms with van der Waals surface area (Å²) in [6.45, 7) is 1.98. The summed E-state index contributed by atoms with van der Waals surface area (Å²) in [6.07, 6.45) is 3.52. The van der Waals surface area contributed by atoms with Gasteiger partial charge >= 0.3 is 0 Å². The zero-order chi connectivity index (χ0) is 15.7. The molecule has 0 saturated carbocycles. The van der Waals surface area contributed by atoms with E-state index in [9.17, 15) is 4.79 Å². The summed E-state index contributed by atoms with van der Waals surface area (Å²) in [6, 6.07) is 11.3. The third kappa shape index (κ3) is 3.13. The second-order valence-corrected chi connectivity index (χ2v) is 6.54. The van der Waals surface area contributed by atoms with Crippen LogP contribution in [0.2, 0.25) is 10.0 Å². The molecule has 1 aliphatic carbocycles. The van der Waals surface area contributed by atoms with E-state index in [1.165, 1.54) is 17.5 Å². The van der Waals surface area contributed by atoms with E-state index in [-0.39, 0.29) is 11.9 Å². The van der Waals surface area contributed by atoms with Crippen molar-refractivity contribution in [1.29, 1.82) is 0 Å². The lowest BCUT2D eigenvalue weighted by molar-refractivity contribution is 0.0940. The molecule has 1 unspecified atom stereocenters. The van der Waals surface area contributed by atoms with Gasteiger partial charge in [-0.25, -0.2) is 0 Å². The SMILES string of the molecule is CC(NC(=O)c1ccc(Cl)cc1Cl)c1ccc2c(c1)CCC2. The maximum atomic E-state index is 12.4. The molecule has 0 aromatic heterocycles. The molecule has 0 heterocycles. The first-order valence-electron chi connectivity index (χ1n) is 7.42. The molecule has 2 nitrogen and oxygen atoms in total. The van der Waals surface area contributed by atoms with Gasteiger partial charge in [-0.2, -0.15) is 0 Å². The van der Waals surface area contributed by atoms with Crippen LogP contribution in [0.4, 0.5) is 0 Å². The molecular weight excluding hydrogens is 317 g/mol. The van der Waals surface area contributed by atoms with Crippen LogP contribution in [-0.2, 0) is 12.8 Å². The van der Waals surface area contributed by atoms with Gasteiger partial charge in [0.25, 0.3) is 5.91 Å². The molecule has 1 aliphatic rings. The van der Waals surface area contributed by atoms with E-state index in [4.69, 9.17) is 23.2 Å². The molecular formula is C18H17Cl2NO. The number of aryl methyl sites for hydroxylation is 2. The van der Waals surface area contributed by atoms with Gasteiger partial charge in [0.2, 0.25) is 0 Å². The predicted molar refractivity (Wildman–Crippen MR) is 90.8 cm³/mol. The number of carbonyl (C=O) groups excluding carboxylic acids is 1. The fourth-order valence-corrected chi connectivity index (χ4v) is 3.39. The van der Waals surface area contributed by atoms with E-state index < -0.39 is 0 Å². The molecule has 22 heavy (non-hydrogen) atoms. The summed E-state index contributed by atoms with van der Waals surface area (Å²) in [4.78, 5) is 12.4. The van der Waals surface area contributed by atoms with Gasteiger partial charge in [-0.05, 0) is 61.1 Å². The van der Waals surface area contributed by atoms with Crippen molar-refractivity contribution >= 4 is 29.1 Å². The Kier molecular flexibility index (Phi) is 4.42. The van der Waals surface area contributed by atoms with Crippen molar-refractivity contribution in [2.24, 2.45) is 0 Å². The first-order chi connectivity index (χ1) is 10.5.